The van der Waals surface area contributed by atoms with Crippen molar-refractivity contribution in [2.45, 2.75) is 25.8 Å². The molecule has 0 aromatic heterocycles. The first-order valence-corrected chi connectivity index (χ1v) is 12.8. The number of fused-ring (bicyclic) bond motifs is 1. The largest absolute Gasteiger partial charge is 0.496 e. The number of amides is 2. The number of carbonyl (C=O) groups excluding carboxylic acids is 2. The number of nitrogens with zero attached hydrogens (tertiary/aromatic N) is 3. The van der Waals surface area contributed by atoms with E-state index >= 15 is 0 Å². The van der Waals surface area contributed by atoms with Crippen molar-refractivity contribution >= 4 is 23.4 Å². The van der Waals surface area contributed by atoms with Crippen LogP contribution in [-0.2, 0) is 17.8 Å². The Labute approximate surface area is 211 Å². The van der Waals surface area contributed by atoms with E-state index in [4.69, 9.17) is 21.1 Å². The first kappa shape index (κ1) is 23.9. The summed E-state index contributed by atoms with van der Waals surface area (Å²) in [6.07, 6.45) is 2.36. The molecule has 7 nitrogen and oxygen atoms in total. The molecule has 2 aromatic rings. The molecule has 0 saturated carbocycles. The van der Waals surface area contributed by atoms with Crippen LogP contribution in [0.3, 0.4) is 0 Å². The van der Waals surface area contributed by atoms with E-state index < -0.39 is 0 Å². The molecule has 0 bridgehead atoms. The molecular formula is C27H32ClN3O4. The maximum atomic E-state index is 13.2. The van der Waals surface area contributed by atoms with Crippen LogP contribution in [0, 0.1) is 5.92 Å². The fourth-order valence-electron chi connectivity index (χ4n) is 5.33. The zero-order valence-corrected chi connectivity index (χ0v) is 20.9. The number of methoxy groups -OCH3 is 1. The lowest BCUT2D eigenvalue weighted by Crippen LogP contribution is -2.51. The summed E-state index contributed by atoms with van der Waals surface area (Å²) in [4.78, 5) is 32.5. The van der Waals surface area contributed by atoms with Gasteiger partial charge >= 0.3 is 0 Å². The number of piperazine rings is 1. The smallest absolute Gasteiger partial charge is 0.257 e. The first-order valence-electron chi connectivity index (χ1n) is 12.4. The number of likely N-dealkylation sites (tertiary alicyclic amines) is 1. The van der Waals surface area contributed by atoms with Crippen molar-refractivity contribution in [3.63, 3.8) is 0 Å². The predicted molar refractivity (Wildman–Crippen MR) is 134 cm³/mol. The zero-order chi connectivity index (χ0) is 24.4. The van der Waals surface area contributed by atoms with Gasteiger partial charge in [0, 0.05) is 63.2 Å². The number of rotatable bonds is 5. The summed E-state index contributed by atoms with van der Waals surface area (Å²) in [5.41, 5.74) is 3.08. The molecule has 2 aromatic carbocycles. The molecular weight excluding hydrogens is 466 g/mol. The van der Waals surface area contributed by atoms with E-state index in [1.165, 1.54) is 11.1 Å². The maximum absolute atomic E-state index is 13.2. The number of hydrogen-bond donors (Lipinski definition) is 0. The molecule has 3 aliphatic heterocycles. The Balaban J connectivity index is 1.10. The van der Waals surface area contributed by atoms with Crippen molar-refractivity contribution in [3.05, 3.63) is 58.1 Å². The van der Waals surface area contributed by atoms with Gasteiger partial charge in [0.05, 0.1) is 19.3 Å². The van der Waals surface area contributed by atoms with E-state index in [-0.39, 0.29) is 17.7 Å². The average molecular weight is 498 g/mol. The lowest BCUT2D eigenvalue weighted by Gasteiger charge is -2.38. The van der Waals surface area contributed by atoms with E-state index in [2.05, 4.69) is 23.1 Å². The van der Waals surface area contributed by atoms with Crippen LogP contribution < -0.4 is 9.47 Å². The monoisotopic (exact) mass is 497 g/mol. The van der Waals surface area contributed by atoms with Crippen LogP contribution in [0.15, 0.2) is 36.4 Å². The summed E-state index contributed by atoms with van der Waals surface area (Å²) in [5, 5.41) is 0.503. The third-order valence-electron chi connectivity index (χ3n) is 7.37. The quantitative estimate of drug-likeness (QED) is 0.633. The summed E-state index contributed by atoms with van der Waals surface area (Å²) >= 11 is 6.10. The number of ether oxygens (including phenoxy) is 2. The predicted octanol–water partition coefficient (Wildman–Crippen LogP) is 3.48. The van der Waals surface area contributed by atoms with Crippen LogP contribution in [-0.4, -0.2) is 79.5 Å². The third kappa shape index (κ3) is 5.26. The second kappa shape index (κ2) is 10.5. The molecule has 3 heterocycles. The second-order valence-corrected chi connectivity index (χ2v) is 9.99. The Bertz CT molecular complexity index is 1090. The highest BCUT2D eigenvalue weighted by molar-refractivity contribution is 6.31. The Hall–Kier alpha value is -2.77. The van der Waals surface area contributed by atoms with Crippen LogP contribution in [0.5, 0.6) is 11.5 Å². The minimum absolute atomic E-state index is 0.0245. The fourth-order valence-corrected chi connectivity index (χ4v) is 5.50. The molecule has 0 aliphatic carbocycles. The van der Waals surface area contributed by atoms with Gasteiger partial charge in [-0.25, -0.2) is 0 Å². The van der Waals surface area contributed by atoms with Crippen molar-refractivity contribution < 1.29 is 19.1 Å². The Morgan fingerprint density at radius 1 is 1.00 bits per heavy atom. The van der Waals surface area contributed by atoms with Gasteiger partial charge < -0.3 is 19.3 Å². The molecule has 0 atom stereocenters. The Kier molecular flexibility index (Phi) is 7.16. The average Bonchev–Trinajstić information content (AvgIpc) is 3.36. The van der Waals surface area contributed by atoms with E-state index in [1.807, 2.05) is 4.90 Å². The molecule has 2 fully saturated rings. The third-order valence-corrected chi connectivity index (χ3v) is 7.60. The van der Waals surface area contributed by atoms with Crippen molar-refractivity contribution in [2.75, 3.05) is 53.0 Å². The van der Waals surface area contributed by atoms with Crippen LogP contribution in [0.1, 0.15) is 34.3 Å². The molecule has 2 saturated heterocycles. The molecule has 35 heavy (non-hydrogen) atoms. The molecule has 0 N–H and O–H groups in total. The summed E-state index contributed by atoms with van der Waals surface area (Å²) < 4.78 is 10.9. The van der Waals surface area contributed by atoms with E-state index in [0.29, 0.717) is 42.3 Å². The van der Waals surface area contributed by atoms with Crippen LogP contribution in [0.2, 0.25) is 5.02 Å². The second-order valence-electron chi connectivity index (χ2n) is 9.55. The maximum Gasteiger partial charge on any atom is 0.257 e. The van der Waals surface area contributed by atoms with E-state index in [0.717, 1.165) is 51.5 Å². The van der Waals surface area contributed by atoms with Gasteiger partial charge in [0.1, 0.15) is 11.5 Å². The zero-order valence-electron chi connectivity index (χ0n) is 20.2. The van der Waals surface area contributed by atoms with Gasteiger partial charge in [-0.3, -0.25) is 14.5 Å². The molecule has 0 radical (unpaired) electrons. The summed E-state index contributed by atoms with van der Waals surface area (Å²) in [6.45, 7) is 6.08. The molecule has 186 valence electrons. The highest BCUT2D eigenvalue weighted by atomic mass is 35.5. The number of benzene rings is 2. The highest BCUT2D eigenvalue weighted by Crippen LogP contribution is 2.28. The van der Waals surface area contributed by atoms with E-state index in [1.54, 1.807) is 30.2 Å². The van der Waals surface area contributed by atoms with Crippen LogP contribution >= 0.6 is 11.6 Å². The van der Waals surface area contributed by atoms with Gasteiger partial charge in [0.2, 0.25) is 5.91 Å². The van der Waals surface area contributed by atoms with Gasteiger partial charge in [-0.2, -0.15) is 0 Å². The molecule has 0 spiro atoms. The Morgan fingerprint density at radius 3 is 2.51 bits per heavy atom. The minimum atomic E-state index is -0.0954. The van der Waals surface area contributed by atoms with Gasteiger partial charge in [0.15, 0.2) is 0 Å². The van der Waals surface area contributed by atoms with Crippen LogP contribution in [0.25, 0.3) is 0 Å². The lowest BCUT2D eigenvalue weighted by atomic mass is 9.94. The molecule has 8 heteroatoms. The normalized spacial score (nSPS) is 18.8. The number of carbonyl (C=O) groups is 2. The molecule has 2 amide bonds. The standard InChI is InChI=1S/C27H32ClN3O4/c1-34-25-5-3-22(28)17-23(25)27(33)30-9-6-20(7-10-30)26(32)31-13-11-29(12-14-31)18-19-2-4-24-21(16-19)8-15-35-24/h2-5,16-17,20H,6-15,18H2,1H3. The van der Waals surface area contributed by atoms with Gasteiger partial charge in [-0.15, -0.1) is 0 Å². The topological polar surface area (TPSA) is 62.3 Å². The Morgan fingerprint density at radius 2 is 1.77 bits per heavy atom. The summed E-state index contributed by atoms with van der Waals surface area (Å²) in [6, 6.07) is 11.6. The highest BCUT2D eigenvalue weighted by Gasteiger charge is 2.32. The van der Waals surface area contributed by atoms with E-state index in [9.17, 15) is 9.59 Å². The summed E-state index contributed by atoms with van der Waals surface area (Å²) in [7, 11) is 1.55. The molecule has 5 rings (SSSR count). The number of halogens is 1. The fraction of sp³-hybridized carbons (Fsp3) is 0.481. The molecule has 0 unspecified atom stereocenters. The van der Waals surface area contributed by atoms with Crippen molar-refractivity contribution in [2.24, 2.45) is 5.92 Å². The summed E-state index contributed by atoms with van der Waals surface area (Å²) in [5.74, 6) is 1.64. The van der Waals surface area contributed by atoms with Gasteiger partial charge in [0.25, 0.3) is 5.91 Å². The van der Waals surface area contributed by atoms with Crippen molar-refractivity contribution in [1.82, 2.24) is 14.7 Å². The van der Waals surface area contributed by atoms with Gasteiger partial charge in [-0.05, 0) is 48.2 Å². The lowest BCUT2D eigenvalue weighted by molar-refractivity contribution is -0.138. The van der Waals surface area contributed by atoms with Gasteiger partial charge in [-0.1, -0.05) is 23.7 Å². The minimum Gasteiger partial charge on any atom is -0.496 e. The number of hydrogen-bond acceptors (Lipinski definition) is 5. The number of piperidine rings is 1. The molecule has 3 aliphatic rings. The van der Waals surface area contributed by atoms with Crippen molar-refractivity contribution in [3.8, 4) is 11.5 Å². The SMILES string of the molecule is COc1ccc(Cl)cc1C(=O)N1CCC(C(=O)N2CCN(Cc3ccc4c(c3)CCO4)CC2)CC1. The van der Waals surface area contributed by atoms with Crippen LogP contribution in [0.4, 0.5) is 0 Å². The van der Waals surface area contributed by atoms with Crippen molar-refractivity contribution in [1.29, 1.82) is 0 Å². The first-order chi connectivity index (χ1) is 17.0.